The second-order valence-electron chi connectivity index (χ2n) is 4.25. The van der Waals surface area contributed by atoms with Crippen molar-refractivity contribution in [2.75, 3.05) is 23.8 Å². The predicted molar refractivity (Wildman–Crippen MR) is 77.6 cm³/mol. The Kier molecular flexibility index (Phi) is 3.43. The van der Waals surface area contributed by atoms with Gasteiger partial charge in [0, 0.05) is 12.7 Å². The van der Waals surface area contributed by atoms with E-state index in [-0.39, 0.29) is 5.91 Å². The van der Waals surface area contributed by atoms with Gasteiger partial charge in [0.15, 0.2) is 11.6 Å². The van der Waals surface area contributed by atoms with Gasteiger partial charge in [0.2, 0.25) is 0 Å². The highest BCUT2D eigenvalue weighted by Gasteiger charge is 2.19. The maximum absolute atomic E-state index is 12.3. The van der Waals surface area contributed by atoms with Crippen molar-refractivity contribution in [3.05, 3.63) is 47.1 Å². The molecule has 2 aromatic rings. The highest BCUT2D eigenvalue weighted by atomic mass is 35.5. The Labute approximate surface area is 120 Å². The standard InChI is InChI=1S/C14H12ClN3O2/c15-10-4-2-6-17-13(10)18-14(19)9-3-1-5-11-12(9)20-8-7-16-11/h1-6,16H,7-8H2,(H,17,18,19). The van der Waals surface area contributed by atoms with Gasteiger partial charge in [0.25, 0.3) is 5.91 Å². The first-order chi connectivity index (χ1) is 9.75. The van der Waals surface area contributed by atoms with Crippen LogP contribution >= 0.6 is 11.6 Å². The zero-order valence-electron chi connectivity index (χ0n) is 10.5. The van der Waals surface area contributed by atoms with Gasteiger partial charge in [-0.25, -0.2) is 4.98 Å². The summed E-state index contributed by atoms with van der Waals surface area (Å²) in [7, 11) is 0. The normalized spacial score (nSPS) is 12.8. The van der Waals surface area contributed by atoms with Crippen molar-refractivity contribution in [1.82, 2.24) is 4.98 Å². The molecular formula is C14H12ClN3O2. The van der Waals surface area contributed by atoms with Gasteiger partial charge in [0.05, 0.1) is 16.3 Å². The molecule has 3 rings (SSSR count). The number of ether oxygens (including phenoxy) is 1. The minimum Gasteiger partial charge on any atom is -0.489 e. The SMILES string of the molecule is O=C(Nc1ncccc1Cl)c1cccc2c1OCCN2. The molecule has 102 valence electrons. The summed E-state index contributed by atoms with van der Waals surface area (Å²) in [5, 5.41) is 6.27. The molecule has 1 amide bonds. The molecule has 0 spiro atoms. The molecule has 1 aliphatic rings. The zero-order valence-corrected chi connectivity index (χ0v) is 11.3. The van der Waals surface area contributed by atoms with Gasteiger partial charge in [0.1, 0.15) is 6.61 Å². The number of rotatable bonds is 2. The van der Waals surface area contributed by atoms with Gasteiger partial charge in [-0.15, -0.1) is 0 Å². The fourth-order valence-corrected chi connectivity index (χ4v) is 2.17. The van der Waals surface area contributed by atoms with Gasteiger partial charge < -0.3 is 15.4 Å². The molecule has 5 nitrogen and oxygen atoms in total. The van der Waals surface area contributed by atoms with E-state index in [2.05, 4.69) is 15.6 Å². The van der Waals surface area contributed by atoms with Crippen LogP contribution in [0.2, 0.25) is 5.02 Å². The lowest BCUT2D eigenvalue weighted by atomic mass is 10.1. The lowest BCUT2D eigenvalue weighted by Gasteiger charge is -2.21. The number of pyridine rings is 1. The summed E-state index contributed by atoms with van der Waals surface area (Å²) >= 11 is 5.98. The molecule has 0 saturated heterocycles. The second-order valence-corrected chi connectivity index (χ2v) is 4.65. The third-order valence-electron chi connectivity index (χ3n) is 2.91. The number of hydrogen-bond acceptors (Lipinski definition) is 4. The predicted octanol–water partition coefficient (Wildman–Crippen LogP) is 2.79. The largest absolute Gasteiger partial charge is 0.489 e. The molecule has 0 saturated carbocycles. The minimum atomic E-state index is -0.300. The van der Waals surface area contributed by atoms with E-state index in [0.29, 0.717) is 28.8 Å². The Hall–Kier alpha value is -2.27. The molecule has 0 radical (unpaired) electrons. The number of carbonyl (C=O) groups is 1. The van der Waals surface area contributed by atoms with Crippen LogP contribution in [-0.4, -0.2) is 24.0 Å². The maximum atomic E-state index is 12.3. The number of nitrogens with one attached hydrogen (secondary N) is 2. The number of nitrogens with zero attached hydrogens (tertiary/aromatic N) is 1. The fraction of sp³-hybridized carbons (Fsp3) is 0.143. The number of halogens is 1. The average molecular weight is 290 g/mol. The number of amides is 1. The third-order valence-corrected chi connectivity index (χ3v) is 3.22. The summed E-state index contributed by atoms with van der Waals surface area (Å²) in [6.07, 6.45) is 1.57. The van der Waals surface area contributed by atoms with Crippen LogP contribution in [0.3, 0.4) is 0 Å². The first kappa shape index (κ1) is 12.7. The highest BCUT2D eigenvalue weighted by molar-refractivity contribution is 6.33. The van der Waals surface area contributed by atoms with Gasteiger partial charge >= 0.3 is 0 Å². The quantitative estimate of drug-likeness (QED) is 0.892. The van der Waals surface area contributed by atoms with Crippen LogP contribution in [-0.2, 0) is 0 Å². The fourth-order valence-electron chi connectivity index (χ4n) is 2.00. The number of para-hydroxylation sites is 1. The highest BCUT2D eigenvalue weighted by Crippen LogP contribution is 2.31. The molecule has 6 heteroatoms. The van der Waals surface area contributed by atoms with Crippen LogP contribution in [0.15, 0.2) is 36.5 Å². The van der Waals surface area contributed by atoms with Crippen LogP contribution in [0.1, 0.15) is 10.4 Å². The molecule has 1 aromatic heterocycles. The van der Waals surface area contributed by atoms with Gasteiger partial charge in [-0.1, -0.05) is 17.7 Å². The Morgan fingerprint density at radius 2 is 2.25 bits per heavy atom. The van der Waals surface area contributed by atoms with E-state index in [1.807, 2.05) is 6.07 Å². The van der Waals surface area contributed by atoms with Gasteiger partial charge in [-0.05, 0) is 24.3 Å². The maximum Gasteiger partial charge on any atom is 0.260 e. The monoisotopic (exact) mass is 289 g/mol. The van der Waals surface area contributed by atoms with Crippen molar-refractivity contribution in [2.45, 2.75) is 0 Å². The number of carbonyl (C=O) groups excluding carboxylic acids is 1. The van der Waals surface area contributed by atoms with Gasteiger partial charge in [-0.2, -0.15) is 0 Å². The minimum absolute atomic E-state index is 0.300. The Balaban J connectivity index is 1.90. The molecule has 2 N–H and O–H groups in total. The Morgan fingerprint density at radius 3 is 3.10 bits per heavy atom. The summed E-state index contributed by atoms with van der Waals surface area (Å²) in [5.41, 5.74) is 1.27. The van der Waals surface area contributed by atoms with E-state index < -0.39 is 0 Å². The summed E-state index contributed by atoms with van der Waals surface area (Å²) in [4.78, 5) is 16.4. The van der Waals surface area contributed by atoms with Crippen molar-refractivity contribution in [2.24, 2.45) is 0 Å². The molecule has 0 unspecified atom stereocenters. The van der Waals surface area contributed by atoms with E-state index in [1.165, 1.54) is 0 Å². The molecule has 2 heterocycles. The smallest absolute Gasteiger partial charge is 0.260 e. The summed E-state index contributed by atoms with van der Waals surface area (Å²) in [5.74, 6) is 0.593. The van der Waals surface area contributed by atoms with Crippen molar-refractivity contribution < 1.29 is 9.53 Å². The molecule has 1 aromatic carbocycles. The first-order valence-corrected chi connectivity index (χ1v) is 6.55. The average Bonchev–Trinajstić information content (AvgIpc) is 2.49. The topological polar surface area (TPSA) is 63.2 Å². The second kappa shape index (κ2) is 5.38. The molecule has 0 aliphatic carbocycles. The third kappa shape index (κ3) is 2.40. The molecule has 0 fully saturated rings. The van der Waals surface area contributed by atoms with Crippen LogP contribution in [0.5, 0.6) is 5.75 Å². The summed E-state index contributed by atoms with van der Waals surface area (Å²) < 4.78 is 5.57. The Bertz CT molecular complexity index is 661. The summed E-state index contributed by atoms with van der Waals surface area (Å²) in [6.45, 7) is 1.26. The van der Waals surface area contributed by atoms with E-state index >= 15 is 0 Å². The van der Waals surface area contributed by atoms with Crippen LogP contribution in [0.4, 0.5) is 11.5 Å². The van der Waals surface area contributed by atoms with E-state index in [4.69, 9.17) is 16.3 Å². The molecule has 20 heavy (non-hydrogen) atoms. The molecule has 0 bridgehead atoms. The zero-order chi connectivity index (χ0) is 13.9. The van der Waals surface area contributed by atoms with E-state index in [0.717, 1.165) is 12.2 Å². The number of fused-ring (bicyclic) bond motifs is 1. The molecular weight excluding hydrogens is 278 g/mol. The van der Waals surface area contributed by atoms with Crippen molar-refractivity contribution >= 4 is 29.0 Å². The van der Waals surface area contributed by atoms with Crippen molar-refractivity contribution in [3.63, 3.8) is 0 Å². The number of benzene rings is 1. The molecule has 1 aliphatic heterocycles. The summed E-state index contributed by atoms with van der Waals surface area (Å²) in [6, 6.07) is 8.75. The van der Waals surface area contributed by atoms with Crippen LogP contribution in [0, 0.1) is 0 Å². The van der Waals surface area contributed by atoms with Crippen molar-refractivity contribution in [1.29, 1.82) is 0 Å². The van der Waals surface area contributed by atoms with Crippen molar-refractivity contribution in [3.8, 4) is 5.75 Å². The number of anilines is 2. The van der Waals surface area contributed by atoms with E-state index in [9.17, 15) is 4.79 Å². The molecule has 0 atom stereocenters. The van der Waals surface area contributed by atoms with E-state index in [1.54, 1.807) is 30.5 Å². The lowest BCUT2D eigenvalue weighted by molar-refractivity contribution is 0.102. The number of hydrogen-bond donors (Lipinski definition) is 2. The lowest BCUT2D eigenvalue weighted by Crippen LogP contribution is -2.22. The van der Waals surface area contributed by atoms with Crippen LogP contribution in [0.25, 0.3) is 0 Å². The van der Waals surface area contributed by atoms with Crippen LogP contribution < -0.4 is 15.4 Å². The Morgan fingerprint density at radius 1 is 1.35 bits per heavy atom. The first-order valence-electron chi connectivity index (χ1n) is 6.17. The van der Waals surface area contributed by atoms with Gasteiger partial charge in [-0.3, -0.25) is 4.79 Å². The number of aromatic nitrogens is 1.